The molecule has 198 valence electrons. The van der Waals surface area contributed by atoms with Crippen molar-refractivity contribution in [2.45, 2.75) is 31.7 Å². The van der Waals surface area contributed by atoms with E-state index in [1.807, 2.05) is 0 Å². The Kier molecular flexibility index (Phi) is 7.34. The maximum Gasteiger partial charge on any atom is 0.264 e. The zero-order chi connectivity index (χ0) is 27.1. The van der Waals surface area contributed by atoms with Crippen LogP contribution >= 0.6 is 15.9 Å². The first-order valence-corrected chi connectivity index (χ1v) is 13.5. The van der Waals surface area contributed by atoms with Crippen LogP contribution in [0.5, 0.6) is 0 Å². The van der Waals surface area contributed by atoms with Crippen molar-refractivity contribution in [1.29, 1.82) is 0 Å². The van der Waals surface area contributed by atoms with Gasteiger partial charge in [0.2, 0.25) is 0 Å². The Balaban J connectivity index is 1.67. The van der Waals surface area contributed by atoms with Crippen LogP contribution in [-0.4, -0.2) is 21.7 Å². The summed E-state index contributed by atoms with van der Waals surface area (Å²) in [5.74, 6) is -0.552. The molecule has 5 rings (SSSR count). The van der Waals surface area contributed by atoms with Gasteiger partial charge < -0.3 is 14.3 Å². The van der Waals surface area contributed by atoms with Crippen LogP contribution in [0.1, 0.15) is 52.2 Å². The molecule has 11 heteroatoms. The minimum atomic E-state index is -2.75. The zero-order valence-electron chi connectivity index (χ0n) is 20.0. The normalized spacial score (nSPS) is 14.2. The number of benzene rings is 3. The molecule has 1 fully saturated rings. The summed E-state index contributed by atoms with van der Waals surface area (Å²) in [7, 11) is 1.49. The van der Waals surface area contributed by atoms with E-state index in [4.69, 9.17) is 4.42 Å². The van der Waals surface area contributed by atoms with Crippen molar-refractivity contribution >= 4 is 49.8 Å². The van der Waals surface area contributed by atoms with Gasteiger partial charge in [-0.15, -0.1) is 0 Å². The fourth-order valence-corrected chi connectivity index (χ4v) is 5.48. The predicted octanol–water partition coefficient (Wildman–Crippen LogP) is 6.98. The summed E-state index contributed by atoms with van der Waals surface area (Å²) in [6.45, 7) is -0.178. The molecule has 1 unspecified atom stereocenters. The summed E-state index contributed by atoms with van der Waals surface area (Å²) >= 11 is 0.360. The summed E-state index contributed by atoms with van der Waals surface area (Å²) in [5, 5.41) is 3.10. The van der Waals surface area contributed by atoms with Crippen LogP contribution in [-0.2, 0) is 17.8 Å². The SMILES string of the molecule is CNC(=O)c1c(-c2ccc(F)cc2)oc2cc(N(Cc3ccc(Br)c(C(F)F)c3)S(=O)[O-])c(C3CC3)cc12. The second-order valence-corrected chi connectivity index (χ2v) is 10.7. The Labute approximate surface area is 227 Å². The van der Waals surface area contributed by atoms with E-state index >= 15 is 0 Å². The number of fused-ring (bicyclic) bond motifs is 1. The largest absolute Gasteiger partial charge is 0.755 e. The molecule has 4 aromatic rings. The van der Waals surface area contributed by atoms with Crippen molar-refractivity contribution < 1.29 is 31.1 Å². The number of halogens is 4. The average molecular weight is 606 g/mol. The summed E-state index contributed by atoms with van der Waals surface area (Å²) in [4.78, 5) is 12.9. The van der Waals surface area contributed by atoms with Gasteiger partial charge in [-0.1, -0.05) is 22.0 Å². The number of alkyl halides is 2. The standard InChI is InChI=1S/C27H22BrF3N2O4S/c1-32-27(34)24-20-11-18(15-3-4-15)22(12-23(20)37-25(24)16-5-7-17(29)8-6-16)33(38(35)36)13-14-2-9-21(28)19(10-14)26(30)31/h2,5-12,15,26H,3-4,13H2,1H3,(H,32,34)(H,35,36)/p-1. The molecule has 0 bridgehead atoms. The van der Waals surface area contributed by atoms with Gasteiger partial charge in [-0.25, -0.2) is 13.2 Å². The first-order valence-electron chi connectivity index (χ1n) is 11.7. The van der Waals surface area contributed by atoms with Crippen LogP contribution in [0.4, 0.5) is 18.9 Å². The number of amides is 1. The number of hydrogen-bond acceptors (Lipinski definition) is 4. The van der Waals surface area contributed by atoms with E-state index in [-0.39, 0.29) is 39.4 Å². The Hall–Kier alpha value is -3.15. The topological polar surface area (TPSA) is 85.6 Å². The summed E-state index contributed by atoms with van der Waals surface area (Å²) in [6, 6.07) is 13.1. The number of anilines is 1. The summed E-state index contributed by atoms with van der Waals surface area (Å²) < 4.78 is 72.7. The fourth-order valence-electron chi connectivity index (χ4n) is 4.48. The van der Waals surface area contributed by atoms with Gasteiger partial charge in [-0.2, -0.15) is 0 Å². The lowest BCUT2D eigenvalue weighted by Gasteiger charge is -2.29. The lowest BCUT2D eigenvalue weighted by molar-refractivity contribution is 0.0964. The van der Waals surface area contributed by atoms with Gasteiger partial charge in [0.05, 0.1) is 17.8 Å². The highest BCUT2D eigenvalue weighted by Gasteiger charge is 2.31. The quantitative estimate of drug-likeness (QED) is 0.220. The van der Waals surface area contributed by atoms with Crippen LogP contribution in [0.25, 0.3) is 22.3 Å². The first-order chi connectivity index (χ1) is 18.2. The molecule has 6 nitrogen and oxygen atoms in total. The van der Waals surface area contributed by atoms with Crippen molar-refractivity contribution in [3.63, 3.8) is 0 Å². The van der Waals surface area contributed by atoms with Gasteiger partial charge in [-0.05, 0) is 72.4 Å². The molecule has 0 radical (unpaired) electrons. The van der Waals surface area contributed by atoms with Crippen molar-refractivity contribution in [1.82, 2.24) is 5.32 Å². The monoisotopic (exact) mass is 605 g/mol. The van der Waals surface area contributed by atoms with E-state index in [2.05, 4.69) is 21.2 Å². The Bertz CT molecular complexity index is 1550. The van der Waals surface area contributed by atoms with Gasteiger partial charge in [-0.3, -0.25) is 13.3 Å². The minimum absolute atomic E-state index is 0.0729. The highest BCUT2D eigenvalue weighted by molar-refractivity contribution is 9.10. The number of carbonyl (C=O) groups is 1. The molecule has 1 heterocycles. The molecule has 1 amide bonds. The highest BCUT2D eigenvalue weighted by Crippen LogP contribution is 2.48. The van der Waals surface area contributed by atoms with Crippen molar-refractivity contribution in [3.05, 3.63) is 87.1 Å². The number of nitrogens with one attached hydrogen (secondary N) is 1. The molecule has 1 atom stereocenters. The summed E-state index contributed by atoms with van der Waals surface area (Å²) in [5.41, 5.74) is 2.21. The molecule has 1 aliphatic rings. The fraction of sp³-hybridized carbons (Fsp3) is 0.222. The molecule has 1 N–H and O–H groups in total. The zero-order valence-corrected chi connectivity index (χ0v) is 22.4. The number of rotatable bonds is 8. The van der Waals surface area contributed by atoms with Gasteiger partial charge in [0, 0.05) is 45.4 Å². The van der Waals surface area contributed by atoms with Gasteiger partial charge in [0.1, 0.15) is 17.2 Å². The molecule has 1 aromatic heterocycles. The molecule has 0 spiro atoms. The van der Waals surface area contributed by atoms with E-state index in [0.29, 0.717) is 27.8 Å². The van der Waals surface area contributed by atoms with E-state index in [1.54, 1.807) is 18.2 Å². The average Bonchev–Trinajstić information content (AvgIpc) is 3.67. The number of furan rings is 1. The Morgan fingerprint density at radius 2 is 1.89 bits per heavy atom. The van der Waals surface area contributed by atoms with Crippen LogP contribution in [0, 0.1) is 5.82 Å². The lowest BCUT2D eigenvalue weighted by atomic mass is 10.00. The van der Waals surface area contributed by atoms with Crippen LogP contribution in [0.3, 0.4) is 0 Å². The molecule has 1 saturated carbocycles. The predicted molar refractivity (Wildman–Crippen MR) is 141 cm³/mol. The van der Waals surface area contributed by atoms with Gasteiger partial charge >= 0.3 is 0 Å². The maximum atomic E-state index is 13.6. The van der Waals surface area contributed by atoms with Crippen LogP contribution in [0.15, 0.2) is 63.5 Å². The third kappa shape index (κ3) is 5.10. The highest BCUT2D eigenvalue weighted by atomic mass is 79.9. The third-order valence-electron chi connectivity index (χ3n) is 6.49. The van der Waals surface area contributed by atoms with Crippen LogP contribution in [0.2, 0.25) is 0 Å². The number of carbonyl (C=O) groups excluding carboxylic acids is 1. The molecular weight excluding hydrogens is 585 g/mol. The minimum Gasteiger partial charge on any atom is -0.755 e. The second-order valence-electron chi connectivity index (χ2n) is 8.98. The number of hydrogen-bond donors (Lipinski definition) is 1. The molecule has 0 aliphatic heterocycles. The molecule has 1 aliphatic carbocycles. The number of nitrogens with zero attached hydrogens (tertiary/aromatic N) is 1. The third-order valence-corrected chi connectivity index (χ3v) is 7.89. The van der Waals surface area contributed by atoms with E-state index < -0.39 is 29.4 Å². The van der Waals surface area contributed by atoms with Crippen molar-refractivity contribution in [3.8, 4) is 11.3 Å². The second kappa shape index (κ2) is 10.5. The maximum absolute atomic E-state index is 13.6. The molecule has 0 saturated heterocycles. The Morgan fingerprint density at radius 3 is 2.50 bits per heavy atom. The summed E-state index contributed by atoms with van der Waals surface area (Å²) in [6.07, 6.45) is -1.06. The van der Waals surface area contributed by atoms with E-state index in [9.17, 15) is 26.7 Å². The Morgan fingerprint density at radius 1 is 1.18 bits per heavy atom. The lowest BCUT2D eigenvalue weighted by Crippen LogP contribution is -2.26. The van der Waals surface area contributed by atoms with Crippen molar-refractivity contribution in [2.75, 3.05) is 11.4 Å². The van der Waals surface area contributed by atoms with E-state index in [0.717, 1.165) is 17.1 Å². The van der Waals surface area contributed by atoms with Gasteiger partial charge in [0.25, 0.3) is 12.3 Å². The molecule has 38 heavy (non-hydrogen) atoms. The van der Waals surface area contributed by atoms with Crippen LogP contribution < -0.4 is 9.62 Å². The van der Waals surface area contributed by atoms with Gasteiger partial charge in [0.15, 0.2) is 0 Å². The smallest absolute Gasteiger partial charge is 0.264 e. The van der Waals surface area contributed by atoms with E-state index in [1.165, 1.54) is 43.4 Å². The molecule has 3 aromatic carbocycles. The first kappa shape index (κ1) is 26.5. The molecular formula is C27H21BrF3N2O4S-. The van der Waals surface area contributed by atoms with Crippen molar-refractivity contribution in [2.24, 2.45) is 0 Å².